The first-order valence-corrected chi connectivity index (χ1v) is 6.69. The Morgan fingerprint density at radius 3 is 2.28 bits per heavy atom. The van der Waals surface area contributed by atoms with Gasteiger partial charge in [-0.3, -0.25) is 0 Å². The van der Waals surface area contributed by atoms with Crippen LogP contribution in [0.15, 0.2) is 58.3 Å². The second kappa shape index (κ2) is 5.94. The molecule has 2 rings (SSSR count). The molecule has 18 heavy (non-hydrogen) atoms. The number of ether oxygens (including phenoxy) is 1. The molecule has 2 N–H and O–H groups in total. The maximum absolute atomic E-state index is 5.99. The van der Waals surface area contributed by atoms with Gasteiger partial charge in [0.15, 0.2) is 0 Å². The summed E-state index contributed by atoms with van der Waals surface area (Å²) in [6.07, 6.45) is 0. The first kappa shape index (κ1) is 13.0. The molecular formula is C15H17NOS. The molecule has 0 heterocycles. The third-order valence-corrected chi connectivity index (χ3v) is 3.85. The number of hydrogen-bond acceptors (Lipinski definition) is 3. The van der Waals surface area contributed by atoms with Crippen molar-refractivity contribution in [3.8, 4) is 5.75 Å². The summed E-state index contributed by atoms with van der Waals surface area (Å²) in [5.41, 5.74) is 7.15. The van der Waals surface area contributed by atoms with E-state index in [1.165, 1.54) is 4.90 Å². The fraction of sp³-hybridized carbons (Fsp3) is 0.200. The average molecular weight is 259 g/mol. The SMILES string of the molecule is COc1ccccc1Sc1ccccc1[C@@H](C)N. The molecule has 0 aromatic heterocycles. The summed E-state index contributed by atoms with van der Waals surface area (Å²) >= 11 is 1.69. The van der Waals surface area contributed by atoms with Crippen LogP contribution in [0.5, 0.6) is 5.75 Å². The van der Waals surface area contributed by atoms with Crippen LogP contribution in [0.25, 0.3) is 0 Å². The second-order valence-corrected chi connectivity index (χ2v) is 5.16. The minimum Gasteiger partial charge on any atom is -0.496 e. The second-order valence-electron chi connectivity index (χ2n) is 4.08. The zero-order valence-electron chi connectivity index (χ0n) is 10.6. The Balaban J connectivity index is 2.34. The molecule has 0 unspecified atom stereocenters. The molecule has 0 saturated heterocycles. The first-order chi connectivity index (χ1) is 8.72. The third-order valence-electron chi connectivity index (χ3n) is 2.70. The predicted octanol–water partition coefficient (Wildman–Crippen LogP) is 3.87. The minimum absolute atomic E-state index is 0.0309. The molecular weight excluding hydrogens is 242 g/mol. The van der Waals surface area contributed by atoms with Crippen LogP contribution < -0.4 is 10.5 Å². The Hall–Kier alpha value is -1.45. The standard InChI is InChI=1S/C15H17NOS/c1-11(16)12-7-3-5-9-14(12)18-15-10-6-4-8-13(15)17-2/h3-11H,16H2,1-2H3/t11-/m1/s1. The van der Waals surface area contributed by atoms with E-state index in [9.17, 15) is 0 Å². The van der Waals surface area contributed by atoms with Gasteiger partial charge in [-0.2, -0.15) is 0 Å². The molecule has 94 valence electrons. The number of methoxy groups -OCH3 is 1. The lowest BCUT2D eigenvalue weighted by Gasteiger charge is -2.13. The molecule has 2 aromatic carbocycles. The normalized spacial score (nSPS) is 12.2. The summed E-state index contributed by atoms with van der Waals surface area (Å²) in [5.74, 6) is 0.891. The van der Waals surface area contributed by atoms with Crippen LogP contribution in [-0.4, -0.2) is 7.11 Å². The van der Waals surface area contributed by atoms with Gasteiger partial charge in [0.05, 0.1) is 12.0 Å². The zero-order chi connectivity index (χ0) is 13.0. The average Bonchev–Trinajstić information content (AvgIpc) is 2.40. The van der Waals surface area contributed by atoms with Crippen molar-refractivity contribution in [3.63, 3.8) is 0 Å². The molecule has 0 radical (unpaired) electrons. The van der Waals surface area contributed by atoms with Gasteiger partial charge >= 0.3 is 0 Å². The lowest BCUT2D eigenvalue weighted by atomic mass is 10.1. The minimum atomic E-state index is 0.0309. The fourth-order valence-electron chi connectivity index (χ4n) is 1.77. The molecule has 0 saturated carbocycles. The van der Waals surface area contributed by atoms with Crippen molar-refractivity contribution in [1.29, 1.82) is 0 Å². The molecule has 2 aromatic rings. The Kier molecular flexibility index (Phi) is 4.28. The van der Waals surface area contributed by atoms with E-state index < -0.39 is 0 Å². The van der Waals surface area contributed by atoms with E-state index in [4.69, 9.17) is 10.5 Å². The molecule has 0 aliphatic rings. The van der Waals surface area contributed by atoms with E-state index in [2.05, 4.69) is 18.2 Å². The molecule has 0 aliphatic carbocycles. The Bertz CT molecular complexity index is 525. The summed E-state index contributed by atoms with van der Waals surface area (Å²) < 4.78 is 5.37. The van der Waals surface area contributed by atoms with Crippen LogP contribution in [0.4, 0.5) is 0 Å². The van der Waals surface area contributed by atoms with Crippen LogP contribution in [0.3, 0.4) is 0 Å². The number of nitrogens with two attached hydrogens (primary N) is 1. The van der Waals surface area contributed by atoms with Gasteiger partial charge in [-0.05, 0) is 30.7 Å². The number of rotatable bonds is 4. The number of benzene rings is 2. The highest BCUT2D eigenvalue weighted by atomic mass is 32.2. The van der Waals surface area contributed by atoms with Gasteiger partial charge in [0.1, 0.15) is 5.75 Å². The molecule has 3 heteroatoms. The lowest BCUT2D eigenvalue weighted by Crippen LogP contribution is -2.06. The van der Waals surface area contributed by atoms with Crippen molar-refractivity contribution < 1.29 is 4.74 Å². The smallest absolute Gasteiger partial charge is 0.132 e. The van der Waals surface area contributed by atoms with Crippen molar-refractivity contribution in [3.05, 3.63) is 54.1 Å². The Morgan fingerprint density at radius 1 is 1.00 bits per heavy atom. The summed E-state index contributed by atoms with van der Waals surface area (Å²) in [7, 11) is 1.69. The van der Waals surface area contributed by atoms with Gasteiger partial charge in [0.2, 0.25) is 0 Å². The molecule has 0 spiro atoms. The highest BCUT2D eigenvalue weighted by Crippen LogP contribution is 2.37. The molecule has 0 amide bonds. The summed E-state index contributed by atoms with van der Waals surface area (Å²) in [6, 6.07) is 16.3. The van der Waals surface area contributed by atoms with E-state index in [1.54, 1.807) is 18.9 Å². The highest BCUT2D eigenvalue weighted by Gasteiger charge is 2.09. The first-order valence-electron chi connectivity index (χ1n) is 5.87. The van der Waals surface area contributed by atoms with Crippen LogP contribution in [0, 0.1) is 0 Å². The molecule has 2 nitrogen and oxygen atoms in total. The van der Waals surface area contributed by atoms with E-state index in [0.717, 1.165) is 16.2 Å². The van der Waals surface area contributed by atoms with E-state index in [-0.39, 0.29) is 6.04 Å². The fourth-order valence-corrected chi connectivity index (χ4v) is 2.93. The Labute approximate surface area is 112 Å². The van der Waals surface area contributed by atoms with Crippen LogP contribution >= 0.6 is 11.8 Å². The maximum Gasteiger partial charge on any atom is 0.132 e. The largest absolute Gasteiger partial charge is 0.496 e. The monoisotopic (exact) mass is 259 g/mol. The number of hydrogen-bond donors (Lipinski definition) is 1. The van der Waals surface area contributed by atoms with Gasteiger partial charge in [-0.15, -0.1) is 0 Å². The molecule has 0 aliphatic heterocycles. The van der Waals surface area contributed by atoms with Gasteiger partial charge in [-0.25, -0.2) is 0 Å². The molecule has 0 fully saturated rings. The quantitative estimate of drug-likeness (QED) is 0.905. The lowest BCUT2D eigenvalue weighted by molar-refractivity contribution is 0.405. The van der Waals surface area contributed by atoms with E-state index in [1.807, 2.05) is 37.3 Å². The van der Waals surface area contributed by atoms with Crippen molar-refractivity contribution >= 4 is 11.8 Å². The third kappa shape index (κ3) is 2.86. The number of para-hydroxylation sites is 1. The Morgan fingerprint density at radius 2 is 1.61 bits per heavy atom. The zero-order valence-corrected chi connectivity index (χ0v) is 11.4. The summed E-state index contributed by atoms with van der Waals surface area (Å²) in [5, 5.41) is 0. The van der Waals surface area contributed by atoms with E-state index in [0.29, 0.717) is 0 Å². The summed E-state index contributed by atoms with van der Waals surface area (Å²) in [4.78, 5) is 2.28. The molecule has 1 atom stereocenters. The van der Waals surface area contributed by atoms with Gasteiger partial charge in [0.25, 0.3) is 0 Å². The van der Waals surface area contributed by atoms with Gasteiger partial charge in [-0.1, -0.05) is 42.1 Å². The topological polar surface area (TPSA) is 35.2 Å². The van der Waals surface area contributed by atoms with E-state index >= 15 is 0 Å². The van der Waals surface area contributed by atoms with Crippen molar-refractivity contribution in [2.45, 2.75) is 22.8 Å². The van der Waals surface area contributed by atoms with Gasteiger partial charge in [0, 0.05) is 10.9 Å². The molecule has 0 bridgehead atoms. The van der Waals surface area contributed by atoms with Crippen molar-refractivity contribution in [2.24, 2.45) is 5.73 Å². The highest BCUT2D eigenvalue weighted by molar-refractivity contribution is 7.99. The summed E-state index contributed by atoms with van der Waals surface area (Å²) in [6.45, 7) is 2.00. The van der Waals surface area contributed by atoms with Crippen LogP contribution in [0.1, 0.15) is 18.5 Å². The van der Waals surface area contributed by atoms with Crippen LogP contribution in [0.2, 0.25) is 0 Å². The van der Waals surface area contributed by atoms with Crippen molar-refractivity contribution in [2.75, 3.05) is 7.11 Å². The maximum atomic E-state index is 5.99. The van der Waals surface area contributed by atoms with Crippen molar-refractivity contribution in [1.82, 2.24) is 0 Å². The van der Waals surface area contributed by atoms with Crippen LogP contribution in [-0.2, 0) is 0 Å². The predicted molar refractivity (Wildman–Crippen MR) is 76.2 cm³/mol. The van der Waals surface area contributed by atoms with Gasteiger partial charge < -0.3 is 10.5 Å².